The highest BCUT2D eigenvalue weighted by molar-refractivity contribution is 6.21. The van der Waals surface area contributed by atoms with Crippen LogP contribution in [0.25, 0.3) is 22.3 Å². The van der Waals surface area contributed by atoms with Crippen molar-refractivity contribution in [3.05, 3.63) is 71.1 Å². The molecule has 30 heavy (non-hydrogen) atoms. The summed E-state index contributed by atoms with van der Waals surface area (Å²) in [6, 6.07) is 9.84. The molecule has 0 atom stereocenters. The van der Waals surface area contributed by atoms with Gasteiger partial charge in [-0.15, -0.1) is 10.2 Å². The zero-order valence-corrected chi connectivity index (χ0v) is 16.8. The summed E-state index contributed by atoms with van der Waals surface area (Å²) in [5, 5.41) is 8.49. The molecule has 0 aliphatic carbocycles. The van der Waals surface area contributed by atoms with Crippen LogP contribution in [0.1, 0.15) is 30.8 Å². The van der Waals surface area contributed by atoms with Gasteiger partial charge in [-0.3, -0.25) is 14.2 Å². The van der Waals surface area contributed by atoms with E-state index in [9.17, 15) is 9.18 Å². The molecular formula is C22H20FN5O2. The van der Waals surface area contributed by atoms with Crippen LogP contribution in [-0.4, -0.2) is 32.5 Å². The number of allylic oxidation sites excluding steroid dienone is 2. The predicted molar refractivity (Wildman–Crippen MR) is 112 cm³/mol. The molecule has 152 valence electrons. The molecule has 0 aliphatic rings. The van der Waals surface area contributed by atoms with E-state index in [1.807, 2.05) is 4.40 Å². The zero-order valence-electron chi connectivity index (χ0n) is 16.8. The fourth-order valence-electron chi connectivity index (χ4n) is 3.59. The number of ether oxygens (including phenoxy) is 1. The van der Waals surface area contributed by atoms with Crippen molar-refractivity contribution < 1.29 is 13.9 Å². The molecule has 4 aromatic rings. The monoisotopic (exact) mass is 405 g/mol. The maximum absolute atomic E-state index is 13.2. The van der Waals surface area contributed by atoms with E-state index >= 15 is 0 Å². The summed E-state index contributed by atoms with van der Waals surface area (Å²) in [5.41, 5.74) is 10.2. The second kappa shape index (κ2) is 7.55. The summed E-state index contributed by atoms with van der Waals surface area (Å²) >= 11 is 0. The summed E-state index contributed by atoms with van der Waals surface area (Å²) in [5.74, 6) is 0.723. The smallest absolute Gasteiger partial charge is 0.179 e. The Labute approximate surface area is 172 Å². The van der Waals surface area contributed by atoms with Gasteiger partial charge >= 0.3 is 0 Å². The Morgan fingerprint density at radius 2 is 1.90 bits per heavy atom. The molecule has 0 amide bonds. The van der Waals surface area contributed by atoms with Crippen molar-refractivity contribution in [2.45, 2.75) is 20.3 Å². The van der Waals surface area contributed by atoms with Crippen molar-refractivity contribution in [1.29, 1.82) is 0 Å². The molecule has 0 unspecified atom stereocenters. The number of fused-ring (bicyclic) bond motifs is 3. The van der Waals surface area contributed by atoms with Crippen molar-refractivity contribution in [2.75, 3.05) is 7.11 Å². The van der Waals surface area contributed by atoms with E-state index in [1.165, 1.54) is 26.2 Å². The number of Topliss-reactive ketones (excluding diaryl/α,β-unsaturated/α-hetero) is 1. The van der Waals surface area contributed by atoms with Crippen molar-refractivity contribution in [3.8, 4) is 5.75 Å². The average Bonchev–Trinajstić information content (AvgIpc) is 3.12. The van der Waals surface area contributed by atoms with Crippen LogP contribution < -0.4 is 10.5 Å². The molecule has 0 fully saturated rings. The number of hydrogen-bond donors (Lipinski definition) is 1. The van der Waals surface area contributed by atoms with Crippen molar-refractivity contribution in [3.63, 3.8) is 0 Å². The number of rotatable bonds is 5. The Morgan fingerprint density at radius 3 is 2.53 bits per heavy atom. The summed E-state index contributed by atoms with van der Waals surface area (Å²) in [6.07, 6.45) is 2.08. The van der Waals surface area contributed by atoms with Gasteiger partial charge in [0.1, 0.15) is 17.4 Å². The highest BCUT2D eigenvalue weighted by Crippen LogP contribution is 2.32. The van der Waals surface area contributed by atoms with Gasteiger partial charge in [0.15, 0.2) is 11.4 Å². The number of halogens is 1. The second-order valence-electron chi connectivity index (χ2n) is 7.03. The van der Waals surface area contributed by atoms with E-state index in [1.54, 1.807) is 37.4 Å². The minimum Gasteiger partial charge on any atom is -0.496 e. The highest BCUT2D eigenvalue weighted by atomic mass is 19.1. The third kappa shape index (κ3) is 3.36. The Morgan fingerprint density at radius 1 is 1.17 bits per heavy atom. The van der Waals surface area contributed by atoms with Gasteiger partial charge in [-0.25, -0.2) is 4.39 Å². The Bertz CT molecular complexity index is 1300. The Hall–Kier alpha value is -3.81. The number of hydrogen-bond acceptors (Lipinski definition) is 6. The molecule has 2 aromatic carbocycles. The van der Waals surface area contributed by atoms with E-state index in [-0.39, 0.29) is 11.6 Å². The summed E-state index contributed by atoms with van der Waals surface area (Å²) in [6.45, 7) is 3.14. The number of ketones is 1. The topological polar surface area (TPSA) is 95.4 Å². The first-order valence-corrected chi connectivity index (χ1v) is 9.32. The molecule has 2 heterocycles. The highest BCUT2D eigenvalue weighted by Gasteiger charge is 2.19. The first-order valence-electron chi connectivity index (χ1n) is 9.32. The lowest BCUT2D eigenvalue weighted by Crippen LogP contribution is -2.07. The first-order chi connectivity index (χ1) is 14.4. The van der Waals surface area contributed by atoms with Crippen molar-refractivity contribution in [1.82, 2.24) is 19.6 Å². The van der Waals surface area contributed by atoms with E-state index in [2.05, 4.69) is 15.2 Å². The molecule has 4 rings (SSSR count). The van der Waals surface area contributed by atoms with E-state index in [4.69, 9.17) is 10.5 Å². The Kier molecular flexibility index (Phi) is 4.91. The molecule has 0 spiro atoms. The van der Waals surface area contributed by atoms with Gasteiger partial charge in [-0.2, -0.15) is 0 Å². The lowest BCUT2D eigenvalue weighted by molar-refractivity contribution is -0.111. The maximum atomic E-state index is 13.2. The minimum absolute atomic E-state index is 0.157. The molecule has 2 aromatic heterocycles. The summed E-state index contributed by atoms with van der Waals surface area (Å²) in [4.78, 5) is 16.7. The summed E-state index contributed by atoms with van der Waals surface area (Å²) in [7, 11) is 1.54. The maximum Gasteiger partial charge on any atom is 0.179 e. The van der Waals surface area contributed by atoms with Crippen LogP contribution in [-0.2, 0) is 11.2 Å². The van der Waals surface area contributed by atoms with Crippen molar-refractivity contribution in [2.24, 2.45) is 5.73 Å². The SMILES string of the molecule is COc1cc2c(cc1C(C(C)=O)=C(C)N)ncc1nnc(Cc3ccc(F)cc3)n12. The molecule has 0 aliphatic heterocycles. The normalized spacial score (nSPS) is 12.3. The van der Waals surface area contributed by atoms with Gasteiger partial charge < -0.3 is 10.5 Å². The number of methoxy groups -OCH3 is 1. The Balaban J connectivity index is 1.93. The number of aromatic nitrogens is 4. The zero-order chi connectivity index (χ0) is 21.4. The van der Waals surface area contributed by atoms with Gasteiger partial charge in [0.05, 0.1) is 24.3 Å². The van der Waals surface area contributed by atoms with Crippen LogP contribution in [0.15, 0.2) is 48.3 Å². The molecule has 0 saturated heterocycles. The summed E-state index contributed by atoms with van der Waals surface area (Å²) < 4.78 is 20.7. The third-order valence-corrected chi connectivity index (χ3v) is 4.90. The second-order valence-corrected chi connectivity index (χ2v) is 7.03. The van der Waals surface area contributed by atoms with Gasteiger partial charge in [0.2, 0.25) is 0 Å². The van der Waals surface area contributed by atoms with Gasteiger partial charge in [0, 0.05) is 29.3 Å². The number of carbonyl (C=O) groups is 1. The first kappa shape index (κ1) is 19.5. The largest absolute Gasteiger partial charge is 0.496 e. The lowest BCUT2D eigenvalue weighted by Gasteiger charge is -2.14. The predicted octanol–water partition coefficient (Wildman–Crippen LogP) is 3.29. The van der Waals surface area contributed by atoms with E-state index < -0.39 is 0 Å². The number of nitrogens with zero attached hydrogens (tertiary/aromatic N) is 4. The van der Waals surface area contributed by atoms with Crippen molar-refractivity contribution >= 4 is 28.0 Å². The quantitative estimate of drug-likeness (QED) is 0.512. The van der Waals surface area contributed by atoms with Crippen LogP contribution in [0, 0.1) is 5.82 Å². The average molecular weight is 405 g/mol. The molecule has 0 bridgehead atoms. The number of carbonyl (C=O) groups excluding carboxylic acids is 1. The molecule has 8 heteroatoms. The lowest BCUT2D eigenvalue weighted by atomic mass is 9.99. The van der Waals surface area contributed by atoms with Gasteiger partial charge in [0.25, 0.3) is 0 Å². The molecule has 0 saturated carbocycles. The standard InChI is InChI=1S/C22H20FN5O2/c1-12(24)22(13(2)29)16-9-17-18(10-19(16)30-3)28-20(26-27-21(28)11-25-17)8-14-4-6-15(23)7-5-14/h4-7,9-11H,8,24H2,1-3H3. The van der Waals surface area contributed by atoms with E-state index in [0.717, 1.165) is 11.1 Å². The molecule has 2 N–H and O–H groups in total. The van der Waals surface area contributed by atoms with Gasteiger partial charge in [-0.1, -0.05) is 12.1 Å². The fraction of sp³-hybridized carbons (Fsp3) is 0.182. The third-order valence-electron chi connectivity index (χ3n) is 4.90. The van der Waals surface area contributed by atoms with Crippen LogP contribution >= 0.6 is 0 Å². The van der Waals surface area contributed by atoms with Crippen LogP contribution in [0.2, 0.25) is 0 Å². The van der Waals surface area contributed by atoms with Crippen LogP contribution in [0.4, 0.5) is 4.39 Å². The number of nitrogens with two attached hydrogens (primary N) is 1. The van der Waals surface area contributed by atoms with Crippen LogP contribution in [0.5, 0.6) is 5.75 Å². The molecule has 0 radical (unpaired) electrons. The number of benzene rings is 2. The van der Waals surface area contributed by atoms with Crippen LogP contribution in [0.3, 0.4) is 0 Å². The van der Waals surface area contributed by atoms with E-state index in [0.29, 0.717) is 46.0 Å². The minimum atomic E-state index is -0.290. The molecular weight excluding hydrogens is 385 g/mol. The fourth-order valence-corrected chi connectivity index (χ4v) is 3.59. The van der Waals surface area contributed by atoms with Gasteiger partial charge in [-0.05, 0) is 37.6 Å². The molecule has 7 nitrogen and oxygen atoms in total.